The summed E-state index contributed by atoms with van der Waals surface area (Å²) in [6.45, 7) is 1.68. The van der Waals surface area contributed by atoms with Crippen LogP contribution in [0, 0.1) is 5.92 Å². The minimum atomic E-state index is -0.803. The molecule has 0 aliphatic carbocycles. The molecule has 0 amide bonds. The Morgan fingerprint density at radius 3 is 2.93 bits per heavy atom. The zero-order valence-electron chi connectivity index (χ0n) is 7.93. The molecule has 1 aliphatic heterocycles. The second-order valence-electron chi connectivity index (χ2n) is 3.60. The van der Waals surface area contributed by atoms with Gasteiger partial charge >= 0.3 is 5.97 Å². The van der Waals surface area contributed by atoms with Crippen LogP contribution in [0.5, 0.6) is 5.75 Å². The Morgan fingerprint density at radius 2 is 2.29 bits per heavy atom. The van der Waals surface area contributed by atoms with Crippen molar-refractivity contribution in [3.05, 3.63) is 29.8 Å². The van der Waals surface area contributed by atoms with Gasteiger partial charge in [-0.2, -0.15) is 0 Å². The van der Waals surface area contributed by atoms with Crippen LogP contribution in [0.1, 0.15) is 12.5 Å². The molecule has 0 fully saturated rings. The van der Waals surface area contributed by atoms with Gasteiger partial charge in [0.1, 0.15) is 11.9 Å². The Balaban J connectivity index is 2.15. The molecule has 3 nitrogen and oxygen atoms in total. The van der Waals surface area contributed by atoms with Crippen molar-refractivity contribution < 1.29 is 14.6 Å². The van der Waals surface area contributed by atoms with E-state index in [0.717, 1.165) is 11.3 Å². The average molecular weight is 192 g/mol. The van der Waals surface area contributed by atoms with Crippen molar-refractivity contribution in [1.82, 2.24) is 0 Å². The largest absolute Gasteiger partial charge is 0.489 e. The van der Waals surface area contributed by atoms with E-state index in [1.807, 2.05) is 24.3 Å². The van der Waals surface area contributed by atoms with Gasteiger partial charge in [0, 0.05) is 6.42 Å². The van der Waals surface area contributed by atoms with Crippen molar-refractivity contribution in [2.24, 2.45) is 5.92 Å². The number of fused-ring (bicyclic) bond motifs is 1. The molecule has 0 saturated heterocycles. The minimum absolute atomic E-state index is 0.218. The molecule has 0 saturated carbocycles. The molecular weight excluding hydrogens is 180 g/mol. The molecule has 74 valence electrons. The molecule has 1 aromatic carbocycles. The van der Waals surface area contributed by atoms with Gasteiger partial charge in [0.25, 0.3) is 0 Å². The maximum atomic E-state index is 10.8. The number of carboxylic acid groups (broad SMARTS) is 1. The molecular formula is C11H12O3. The lowest BCUT2D eigenvalue weighted by molar-refractivity contribution is -0.143. The first kappa shape index (κ1) is 9.06. The molecule has 3 heteroatoms. The monoisotopic (exact) mass is 192 g/mol. The summed E-state index contributed by atoms with van der Waals surface area (Å²) < 4.78 is 5.55. The number of carbonyl (C=O) groups is 1. The Morgan fingerprint density at radius 1 is 1.57 bits per heavy atom. The minimum Gasteiger partial charge on any atom is -0.489 e. The third-order valence-electron chi connectivity index (χ3n) is 2.62. The van der Waals surface area contributed by atoms with Gasteiger partial charge in [0.2, 0.25) is 0 Å². The van der Waals surface area contributed by atoms with E-state index in [4.69, 9.17) is 9.84 Å². The van der Waals surface area contributed by atoms with Gasteiger partial charge in [-0.25, -0.2) is 0 Å². The first-order valence-corrected chi connectivity index (χ1v) is 4.66. The molecule has 0 bridgehead atoms. The number of ether oxygens (including phenoxy) is 1. The zero-order valence-corrected chi connectivity index (χ0v) is 7.93. The predicted molar refractivity (Wildman–Crippen MR) is 51.4 cm³/mol. The van der Waals surface area contributed by atoms with Crippen LogP contribution in [-0.4, -0.2) is 17.2 Å². The topological polar surface area (TPSA) is 46.5 Å². The first-order chi connectivity index (χ1) is 6.68. The van der Waals surface area contributed by atoms with Crippen LogP contribution in [0.3, 0.4) is 0 Å². The highest BCUT2D eigenvalue weighted by atomic mass is 16.5. The Hall–Kier alpha value is -1.51. The lowest BCUT2D eigenvalue weighted by Crippen LogP contribution is -2.29. The van der Waals surface area contributed by atoms with Crippen LogP contribution in [0.2, 0.25) is 0 Å². The average Bonchev–Trinajstić information content (AvgIpc) is 2.59. The smallest absolute Gasteiger partial charge is 0.309 e. The van der Waals surface area contributed by atoms with E-state index < -0.39 is 11.9 Å². The van der Waals surface area contributed by atoms with E-state index in [1.165, 1.54) is 0 Å². The number of carboxylic acids is 1. The van der Waals surface area contributed by atoms with Crippen LogP contribution >= 0.6 is 0 Å². The van der Waals surface area contributed by atoms with E-state index in [9.17, 15) is 4.79 Å². The fourth-order valence-electron chi connectivity index (χ4n) is 1.65. The SMILES string of the molecule is CC(C(=O)O)C1Cc2ccccc2O1. The predicted octanol–water partition coefficient (Wildman–Crippen LogP) is 1.71. The molecule has 2 rings (SSSR count). The van der Waals surface area contributed by atoms with E-state index >= 15 is 0 Å². The molecule has 0 spiro atoms. The maximum Gasteiger partial charge on any atom is 0.309 e. The van der Waals surface area contributed by atoms with Crippen molar-refractivity contribution in [2.75, 3.05) is 0 Å². The molecule has 1 N–H and O–H groups in total. The van der Waals surface area contributed by atoms with Gasteiger partial charge in [0.05, 0.1) is 5.92 Å². The second-order valence-corrected chi connectivity index (χ2v) is 3.60. The number of benzene rings is 1. The maximum absolute atomic E-state index is 10.8. The van der Waals surface area contributed by atoms with Crippen molar-refractivity contribution in [3.8, 4) is 5.75 Å². The summed E-state index contributed by atoms with van der Waals surface area (Å²) in [7, 11) is 0. The Labute approximate surface area is 82.3 Å². The fourth-order valence-corrected chi connectivity index (χ4v) is 1.65. The molecule has 14 heavy (non-hydrogen) atoms. The molecule has 2 unspecified atom stereocenters. The number of hydrogen-bond donors (Lipinski definition) is 1. The number of rotatable bonds is 2. The zero-order chi connectivity index (χ0) is 10.1. The highest BCUT2D eigenvalue weighted by Gasteiger charge is 2.31. The van der Waals surface area contributed by atoms with Crippen LogP contribution in [-0.2, 0) is 11.2 Å². The normalized spacial score (nSPS) is 21.1. The van der Waals surface area contributed by atoms with Crippen LogP contribution in [0.25, 0.3) is 0 Å². The molecule has 1 aliphatic rings. The number of para-hydroxylation sites is 1. The van der Waals surface area contributed by atoms with Gasteiger partial charge in [-0.1, -0.05) is 18.2 Å². The van der Waals surface area contributed by atoms with Crippen molar-refractivity contribution >= 4 is 5.97 Å². The lowest BCUT2D eigenvalue weighted by atomic mass is 10.0. The van der Waals surface area contributed by atoms with E-state index in [2.05, 4.69) is 0 Å². The summed E-state index contributed by atoms with van der Waals surface area (Å²) in [4.78, 5) is 10.8. The Kier molecular flexibility index (Phi) is 2.15. The van der Waals surface area contributed by atoms with E-state index in [0.29, 0.717) is 6.42 Å². The summed E-state index contributed by atoms with van der Waals surface area (Å²) in [6, 6.07) is 7.69. The van der Waals surface area contributed by atoms with Gasteiger partial charge in [-0.15, -0.1) is 0 Å². The van der Waals surface area contributed by atoms with Gasteiger partial charge in [0.15, 0.2) is 0 Å². The third kappa shape index (κ3) is 1.45. The Bertz CT molecular complexity index is 334. The van der Waals surface area contributed by atoms with Gasteiger partial charge in [-0.3, -0.25) is 4.79 Å². The molecule has 1 aromatic rings. The van der Waals surface area contributed by atoms with E-state index in [1.54, 1.807) is 6.92 Å². The summed E-state index contributed by atoms with van der Waals surface area (Å²) in [6.07, 6.45) is 0.480. The van der Waals surface area contributed by atoms with Gasteiger partial charge in [-0.05, 0) is 18.6 Å². The molecule has 1 heterocycles. The standard InChI is InChI=1S/C11H12O3/c1-7(11(12)13)10-6-8-4-2-3-5-9(8)14-10/h2-5,7,10H,6H2,1H3,(H,12,13). The van der Waals surface area contributed by atoms with Crippen molar-refractivity contribution in [2.45, 2.75) is 19.4 Å². The second kappa shape index (κ2) is 3.33. The number of hydrogen-bond acceptors (Lipinski definition) is 2. The summed E-state index contributed by atoms with van der Waals surface area (Å²) in [5.74, 6) is -0.434. The highest BCUT2D eigenvalue weighted by molar-refractivity contribution is 5.70. The first-order valence-electron chi connectivity index (χ1n) is 4.66. The molecule has 2 atom stereocenters. The van der Waals surface area contributed by atoms with Crippen molar-refractivity contribution in [1.29, 1.82) is 0 Å². The highest BCUT2D eigenvalue weighted by Crippen LogP contribution is 2.31. The van der Waals surface area contributed by atoms with Gasteiger partial charge < -0.3 is 9.84 Å². The van der Waals surface area contributed by atoms with Crippen molar-refractivity contribution in [3.63, 3.8) is 0 Å². The summed E-state index contributed by atoms with van der Waals surface area (Å²) in [5.41, 5.74) is 1.10. The third-order valence-corrected chi connectivity index (χ3v) is 2.62. The molecule has 0 radical (unpaired) electrons. The quantitative estimate of drug-likeness (QED) is 0.775. The van der Waals surface area contributed by atoms with Crippen LogP contribution < -0.4 is 4.74 Å². The summed E-state index contributed by atoms with van der Waals surface area (Å²) >= 11 is 0. The van der Waals surface area contributed by atoms with Crippen LogP contribution in [0.4, 0.5) is 0 Å². The molecule has 0 aromatic heterocycles. The van der Waals surface area contributed by atoms with Crippen LogP contribution in [0.15, 0.2) is 24.3 Å². The number of aliphatic carboxylic acids is 1. The van der Waals surface area contributed by atoms with E-state index in [-0.39, 0.29) is 6.10 Å². The summed E-state index contributed by atoms with van der Waals surface area (Å²) in [5, 5.41) is 8.84. The lowest BCUT2D eigenvalue weighted by Gasteiger charge is -2.14. The fraction of sp³-hybridized carbons (Fsp3) is 0.364.